The van der Waals surface area contributed by atoms with Gasteiger partial charge in [0.25, 0.3) is 5.91 Å². The lowest BCUT2D eigenvalue weighted by Crippen LogP contribution is -2.42. The molecule has 25 heavy (non-hydrogen) atoms. The fourth-order valence-corrected chi connectivity index (χ4v) is 2.13. The molecule has 0 spiro atoms. The summed E-state index contributed by atoms with van der Waals surface area (Å²) in [4.78, 5) is 34.1. The van der Waals surface area contributed by atoms with Gasteiger partial charge in [-0.3, -0.25) is 4.79 Å². The molecule has 3 N–H and O–H groups in total. The summed E-state index contributed by atoms with van der Waals surface area (Å²) in [5.74, 6) is -5.43. The van der Waals surface area contributed by atoms with Crippen LogP contribution >= 0.6 is 0 Å². The second kappa shape index (κ2) is 7.52. The number of hydrogen-bond donors (Lipinski definition) is 3. The molecular formula is C17H13F2NO5. The summed E-state index contributed by atoms with van der Waals surface area (Å²) in [7, 11) is 0. The number of hydrogen-bond acceptors (Lipinski definition) is 3. The van der Waals surface area contributed by atoms with Gasteiger partial charge < -0.3 is 15.5 Å². The van der Waals surface area contributed by atoms with Crippen LogP contribution in [-0.2, 0) is 11.2 Å². The van der Waals surface area contributed by atoms with Crippen molar-refractivity contribution in [3.05, 3.63) is 70.8 Å². The first kappa shape index (κ1) is 18.1. The second-order valence-corrected chi connectivity index (χ2v) is 5.19. The molecule has 130 valence electrons. The lowest BCUT2D eigenvalue weighted by molar-refractivity contribution is -0.139. The van der Waals surface area contributed by atoms with E-state index in [4.69, 9.17) is 5.11 Å². The summed E-state index contributed by atoms with van der Waals surface area (Å²) in [6, 6.07) is 6.41. The molecule has 2 aromatic carbocycles. The SMILES string of the molecule is O=C(O)c1ccc(C[C@@H](NC(=O)c2ccc(F)cc2F)C(=O)O)cc1. The molecule has 1 amide bonds. The van der Waals surface area contributed by atoms with E-state index < -0.39 is 41.1 Å². The van der Waals surface area contributed by atoms with Crippen molar-refractivity contribution in [3.8, 4) is 0 Å². The first-order valence-corrected chi connectivity index (χ1v) is 7.09. The van der Waals surface area contributed by atoms with Gasteiger partial charge in [-0.25, -0.2) is 18.4 Å². The minimum absolute atomic E-state index is 0.0352. The molecule has 0 radical (unpaired) electrons. The Hall–Kier alpha value is -3.29. The molecule has 8 heteroatoms. The van der Waals surface area contributed by atoms with Gasteiger partial charge in [0.05, 0.1) is 11.1 Å². The second-order valence-electron chi connectivity index (χ2n) is 5.19. The summed E-state index contributed by atoms with van der Waals surface area (Å²) in [6.07, 6.45) is -0.135. The van der Waals surface area contributed by atoms with Crippen molar-refractivity contribution in [2.75, 3.05) is 0 Å². The van der Waals surface area contributed by atoms with E-state index in [0.717, 1.165) is 12.1 Å². The van der Waals surface area contributed by atoms with Crippen molar-refractivity contribution >= 4 is 17.8 Å². The van der Waals surface area contributed by atoms with E-state index in [2.05, 4.69) is 5.32 Å². The Labute approximate surface area is 140 Å². The van der Waals surface area contributed by atoms with Gasteiger partial charge in [0.2, 0.25) is 0 Å². The molecule has 0 aliphatic carbocycles. The maximum absolute atomic E-state index is 13.6. The summed E-state index contributed by atoms with van der Waals surface area (Å²) in [5.41, 5.74) is 0.0270. The number of carboxylic acid groups (broad SMARTS) is 2. The third-order valence-corrected chi connectivity index (χ3v) is 3.42. The maximum Gasteiger partial charge on any atom is 0.335 e. The van der Waals surface area contributed by atoms with Crippen molar-refractivity contribution in [2.24, 2.45) is 0 Å². The summed E-state index contributed by atoms with van der Waals surface area (Å²) < 4.78 is 26.5. The van der Waals surface area contributed by atoms with Gasteiger partial charge in [-0.2, -0.15) is 0 Å². The molecule has 0 aliphatic rings. The van der Waals surface area contributed by atoms with E-state index in [-0.39, 0.29) is 12.0 Å². The molecule has 1 atom stereocenters. The largest absolute Gasteiger partial charge is 0.480 e. The van der Waals surface area contributed by atoms with E-state index in [0.29, 0.717) is 11.6 Å². The molecule has 2 aromatic rings. The van der Waals surface area contributed by atoms with Crippen LogP contribution in [0, 0.1) is 11.6 Å². The third kappa shape index (κ3) is 4.60. The van der Waals surface area contributed by atoms with Gasteiger partial charge in [0, 0.05) is 12.5 Å². The van der Waals surface area contributed by atoms with Crippen LogP contribution in [-0.4, -0.2) is 34.1 Å². The molecule has 0 aliphatic heterocycles. The van der Waals surface area contributed by atoms with Crippen molar-refractivity contribution in [2.45, 2.75) is 12.5 Å². The van der Waals surface area contributed by atoms with E-state index in [1.54, 1.807) is 0 Å². The molecule has 0 unspecified atom stereocenters. The smallest absolute Gasteiger partial charge is 0.335 e. The van der Waals surface area contributed by atoms with Crippen LogP contribution in [0.3, 0.4) is 0 Å². The van der Waals surface area contributed by atoms with Gasteiger partial charge in [-0.15, -0.1) is 0 Å². The number of halogens is 2. The summed E-state index contributed by atoms with van der Waals surface area (Å²) >= 11 is 0. The Bertz CT molecular complexity index is 820. The topological polar surface area (TPSA) is 104 Å². The fourth-order valence-electron chi connectivity index (χ4n) is 2.13. The molecule has 0 bridgehead atoms. The van der Waals surface area contributed by atoms with E-state index >= 15 is 0 Å². The Morgan fingerprint density at radius 3 is 2.16 bits per heavy atom. The average molecular weight is 349 g/mol. The van der Waals surface area contributed by atoms with E-state index in [9.17, 15) is 28.3 Å². The number of nitrogens with one attached hydrogen (secondary N) is 1. The Morgan fingerprint density at radius 1 is 1.00 bits per heavy atom. The highest BCUT2D eigenvalue weighted by Gasteiger charge is 2.23. The third-order valence-electron chi connectivity index (χ3n) is 3.42. The molecule has 0 aromatic heterocycles. The van der Waals surface area contributed by atoms with Gasteiger partial charge in [0.1, 0.15) is 17.7 Å². The highest BCUT2D eigenvalue weighted by Crippen LogP contribution is 2.11. The Morgan fingerprint density at radius 2 is 1.64 bits per heavy atom. The van der Waals surface area contributed by atoms with Crippen LogP contribution < -0.4 is 5.32 Å². The molecule has 0 saturated heterocycles. The number of benzene rings is 2. The fraction of sp³-hybridized carbons (Fsp3) is 0.118. The van der Waals surface area contributed by atoms with Crippen LogP contribution in [0.1, 0.15) is 26.3 Å². The minimum Gasteiger partial charge on any atom is -0.480 e. The summed E-state index contributed by atoms with van der Waals surface area (Å²) in [6.45, 7) is 0. The number of aliphatic carboxylic acids is 1. The number of amides is 1. The number of carboxylic acids is 2. The van der Waals surface area contributed by atoms with Gasteiger partial charge in [0.15, 0.2) is 0 Å². The predicted octanol–water partition coefficient (Wildman–Crippen LogP) is 2.09. The van der Waals surface area contributed by atoms with Crippen molar-refractivity contribution < 1.29 is 33.4 Å². The summed E-state index contributed by atoms with van der Waals surface area (Å²) in [5, 5.41) is 20.2. The number of aromatic carboxylic acids is 1. The first-order chi connectivity index (χ1) is 11.8. The number of carbonyl (C=O) groups is 3. The zero-order valence-electron chi connectivity index (χ0n) is 12.7. The van der Waals surface area contributed by atoms with Crippen LogP contribution in [0.4, 0.5) is 8.78 Å². The Kier molecular flexibility index (Phi) is 5.43. The lowest BCUT2D eigenvalue weighted by Gasteiger charge is -2.15. The zero-order valence-corrected chi connectivity index (χ0v) is 12.7. The van der Waals surface area contributed by atoms with Crippen LogP contribution in [0.2, 0.25) is 0 Å². The molecular weight excluding hydrogens is 336 g/mol. The zero-order chi connectivity index (χ0) is 18.6. The standard InChI is InChI=1S/C17H13F2NO5/c18-11-5-6-12(13(19)8-11)15(21)20-14(17(24)25)7-9-1-3-10(4-2-9)16(22)23/h1-6,8,14H,7H2,(H,20,21)(H,22,23)(H,24,25)/t14-/m1/s1. The lowest BCUT2D eigenvalue weighted by atomic mass is 10.0. The Balaban J connectivity index is 2.14. The quantitative estimate of drug-likeness (QED) is 0.741. The molecule has 2 rings (SSSR count). The minimum atomic E-state index is -1.37. The van der Waals surface area contributed by atoms with Crippen molar-refractivity contribution in [1.29, 1.82) is 0 Å². The molecule has 0 heterocycles. The van der Waals surface area contributed by atoms with Gasteiger partial charge >= 0.3 is 11.9 Å². The van der Waals surface area contributed by atoms with Crippen molar-refractivity contribution in [3.63, 3.8) is 0 Å². The maximum atomic E-state index is 13.6. The van der Waals surface area contributed by atoms with Crippen LogP contribution in [0.15, 0.2) is 42.5 Å². The normalized spacial score (nSPS) is 11.6. The van der Waals surface area contributed by atoms with E-state index in [1.165, 1.54) is 24.3 Å². The van der Waals surface area contributed by atoms with Crippen LogP contribution in [0.5, 0.6) is 0 Å². The van der Waals surface area contributed by atoms with Crippen LogP contribution in [0.25, 0.3) is 0 Å². The van der Waals surface area contributed by atoms with Crippen molar-refractivity contribution in [1.82, 2.24) is 5.32 Å². The predicted molar refractivity (Wildman–Crippen MR) is 82.4 cm³/mol. The molecule has 0 fully saturated rings. The average Bonchev–Trinajstić information content (AvgIpc) is 2.54. The van der Waals surface area contributed by atoms with E-state index in [1.807, 2.05) is 0 Å². The number of carbonyl (C=O) groups excluding carboxylic acids is 1. The number of rotatable bonds is 6. The highest BCUT2D eigenvalue weighted by molar-refractivity contribution is 5.96. The van der Waals surface area contributed by atoms with Gasteiger partial charge in [-0.05, 0) is 29.8 Å². The molecule has 6 nitrogen and oxygen atoms in total. The first-order valence-electron chi connectivity index (χ1n) is 7.09. The highest BCUT2D eigenvalue weighted by atomic mass is 19.1. The monoisotopic (exact) mass is 349 g/mol. The molecule has 0 saturated carbocycles. The van der Waals surface area contributed by atoms with Gasteiger partial charge in [-0.1, -0.05) is 12.1 Å².